The Hall–Kier alpha value is -2.19. The zero-order valence-corrected chi connectivity index (χ0v) is 12.9. The average Bonchev–Trinajstić information content (AvgIpc) is 3.08. The van der Waals surface area contributed by atoms with Gasteiger partial charge in [0.2, 0.25) is 0 Å². The van der Waals surface area contributed by atoms with Crippen LogP contribution in [0.5, 0.6) is 0 Å². The van der Waals surface area contributed by atoms with E-state index in [0.29, 0.717) is 12.0 Å². The van der Waals surface area contributed by atoms with Crippen LogP contribution in [-0.4, -0.2) is 32.8 Å². The predicted octanol–water partition coefficient (Wildman–Crippen LogP) is 2.62. The van der Waals surface area contributed by atoms with Crippen LogP contribution in [0.3, 0.4) is 0 Å². The van der Waals surface area contributed by atoms with Crippen molar-refractivity contribution < 1.29 is 0 Å². The van der Waals surface area contributed by atoms with Gasteiger partial charge in [-0.15, -0.1) is 0 Å². The van der Waals surface area contributed by atoms with Crippen LogP contribution in [0.15, 0.2) is 36.9 Å². The molecule has 1 aliphatic rings. The quantitative estimate of drug-likeness (QED) is 0.870. The minimum Gasteiger partial charge on any atom is -0.297 e. The molecule has 2 heterocycles. The van der Waals surface area contributed by atoms with Gasteiger partial charge in [0.25, 0.3) is 0 Å². The van der Waals surface area contributed by atoms with Gasteiger partial charge in [0.1, 0.15) is 12.7 Å². The van der Waals surface area contributed by atoms with E-state index in [1.807, 2.05) is 22.9 Å². The van der Waals surface area contributed by atoms with Gasteiger partial charge in [-0.1, -0.05) is 12.1 Å². The molecule has 5 heteroatoms. The molecule has 1 aromatic heterocycles. The van der Waals surface area contributed by atoms with E-state index in [9.17, 15) is 0 Å². The highest BCUT2D eigenvalue weighted by Gasteiger charge is 2.24. The van der Waals surface area contributed by atoms with Crippen molar-refractivity contribution in [3.8, 4) is 6.07 Å². The molecule has 5 nitrogen and oxygen atoms in total. The number of hydrogen-bond acceptors (Lipinski definition) is 4. The Morgan fingerprint density at radius 3 is 2.86 bits per heavy atom. The van der Waals surface area contributed by atoms with Gasteiger partial charge in [0.05, 0.1) is 11.6 Å². The van der Waals surface area contributed by atoms with E-state index in [1.165, 1.54) is 18.4 Å². The van der Waals surface area contributed by atoms with E-state index in [2.05, 4.69) is 34.0 Å². The lowest BCUT2D eigenvalue weighted by Gasteiger charge is -2.36. The van der Waals surface area contributed by atoms with Crippen molar-refractivity contribution in [3.63, 3.8) is 0 Å². The van der Waals surface area contributed by atoms with Crippen LogP contribution < -0.4 is 0 Å². The summed E-state index contributed by atoms with van der Waals surface area (Å²) in [5, 5.41) is 13.2. The SMILES string of the molecule is C[C@H](c1cccc(C#N)c1)N1CCC(Cn2cncn2)CC1. The van der Waals surface area contributed by atoms with E-state index in [0.717, 1.165) is 25.2 Å². The third-order valence-electron chi connectivity index (χ3n) is 4.61. The van der Waals surface area contributed by atoms with Gasteiger partial charge in [-0.05, 0) is 56.5 Å². The number of aromatic nitrogens is 3. The van der Waals surface area contributed by atoms with Crippen LogP contribution in [0.25, 0.3) is 0 Å². The van der Waals surface area contributed by atoms with Crippen LogP contribution in [0.2, 0.25) is 0 Å². The molecule has 1 fully saturated rings. The van der Waals surface area contributed by atoms with Gasteiger partial charge >= 0.3 is 0 Å². The topological polar surface area (TPSA) is 57.7 Å². The van der Waals surface area contributed by atoms with Gasteiger partial charge in [0, 0.05) is 12.6 Å². The number of rotatable bonds is 4. The predicted molar refractivity (Wildman–Crippen MR) is 83.9 cm³/mol. The first-order chi connectivity index (χ1) is 10.8. The lowest BCUT2D eigenvalue weighted by atomic mass is 9.94. The van der Waals surface area contributed by atoms with Crippen molar-refractivity contribution in [2.45, 2.75) is 32.4 Å². The van der Waals surface area contributed by atoms with Gasteiger partial charge < -0.3 is 0 Å². The minimum atomic E-state index is 0.362. The Kier molecular flexibility index (Phi) is 4.50. The Labute approximate surface area is 131 Å². The van der Waals surface area contributed by atoms with E-state index in [4.69, 9.17) is 5.26 Å². The molecular formula is C17H21N5. The third-order valence-corrected chi connectivity index (χ3v) is 4.61. The normalized spacial score (nSPS) is 18.0. The molecule has 1 aromatic carbocycles. The molecule has 3 rings (SSSR count). The minimum absolute atomic E-state index is 0.362. The molecule has 0 spiro atoms. The summed E-state index contributed by atoms with van der Waals surface area (Å²) in [7, 11) is 0. The Morgan fingerprint density at radius 2 is 2.18 bits per heavy atom. The molecule has 114 valence electrons. The average molecular weight is 295 g/mol. The lowest BCUT2D eigenvalue weighted by molar-refractivity contribution is 0.132. The third kappa shape index (κ3) is 3.34. The molecule has 0 N–H and O–H groups in total. The van der Waals surface area contributed by atoms with Crippen molar-refractivity contribution in [1.29, 1.82) is 5.26 Å². The van der Waals surface area contributed by atoms with Crippen molar-refractivity contribution in [1.82, 2.24) is 19.7 Å². The first-order valence-corrected chi connectivity index (χ1v) is 7.83. The van der Waals surface area contributed by atoms with Crippen molar-refractivity contribution >= 4 is 0 Å². The maximum atomic E-state index is 9.03. The van der Waals surface area contributed by atoms with Gasteiger partial charge in [-0.3, -0.25) is 9.58 Å². The summed E-state index contributed by atoms with van der Waals surface area (Å²) in [6.45, 7) is 5.38. The summed E-state index contributed by atoms with van der Waals surface area (Å²) in [5.74, 6) is 0.676. The van der Waals surface area contributed by atoms with Gasteiger partial charge in [-0.2, -0.15) is 10.4 Å². The van der Waals surface area contributed by atoms with Crippen LogP contribution in [0.4, 0.5) is 0 Å². The molecule has 0 bridgehead atoms. The molecule has 1 atom stereocenters. The van der Waals surface area contributed by atoms with Crippen molar-refractivity contribution in [2.24, 2.45) is 5.92 Å². The molecule has 0 saturated carbocycles. The highest BCUT2D eigenvalue weighted by atomic mass is 15.3. The summed E-state index contributed by atoms with van der Waals surface area (Å²) in [4.78, 5) is 6.51. The number of likely N-dealkylation sites (tertiary alicyclic amines) is 1. The fourth-order valence-corrected chi connectivity index (χ4v) is 3.19. The van der Waals surface area contributed by atoms with Crippen LogP contribution in [0.1, 0.15) is 36.9 Å². The maximum Gasteiger partial charge on any atom is 0.137 e. The Morgan fingerprint density at radius 1 is 1.36 bits per heavy atom. The first-order valence-electron chi connectivity index (χ1n) is 7.83. The summed E-state index contributed by atoms with van der Waals surface area (Å²) < 4.78 is 1.93. The lowest BCUT2D eigenvalue weighted by Crippen LogP contribution is -2.36. The van der Waals surface area contributed by atoms with Crippen LogP contribution in [-0.2, 0) is 6.54 Å². The summed E-state index contributed by atoms with van der Waals surface area (Å²) in [6.07, 6.45) is 5.76. The van der Waals surface area contributed by atoms with E-state index in [1.54, 1.807) is 12.7 Å². The second-order valence-electron chi connectivity index (χ2n) is 6.01. The second-order valence-corrected chi connectivity index (χ2v) is 6.01. The van der Waals surface area contributed by atoms with Crippen LogP contribution in [0, 0.1) is 17.2 Å². The number of nitriles is 1. The number of nitrogens with zero attached hydrogens (tertiary/aromatic N) is 5. The summed E-state index contributed by atoms with van der Waals surface area (Å²) in [6, 6.07) is 10.5. The Balaban J connectivity index is 1.57. The van der Waals surface area contributed by atoms with E-state index in [-0.39, 0.29) is 0 Å². The molecule has 0 amide bonds. The number of piperidine rings is 1. The van der Waals surface area contributed by atoms with Gasteiger partial charge in [0.15, 0.2) is 0 Å². The first kappa shape index (κ1) is 14.7. The maximum absolute atomic E-state index is 9.03. The molecule has 1 saturated heterocycles. The fraction of sp³-hybridized carbons (Fsp3) is 0.471. The monoisotopic (exact) mass is 295 g/mol. The fourth-order valence-electron chi connectivity index (χ4n) is 3.19. The molecule has 2 aromatic rings. The smallest absolute Gasteiger partial charge is 0.137 e. The summed E-state index contributed by atoms with van der Waals surface area (Å²) >= 11 is 0. The molecule has 0 radical (unpaired) electrons. The van der Waals surface area contributed by atoms with E-state index < -0.39 is 0 Å². The molecule has 0 unspecified atom stereocenters. The zero-order valence-electron chi connectivity index (χ0n) is 12.9. The largest absolute Gasteiger partial charge is 0.297 e. The second kappa shape index (κ2) is 6.71. The molecule has 22 heavy (non-hydrogen) atoms. The summed E-state index contributed by atoms with van der Waals surface area (Å²) in [5.41, 5.74) is 1.97. The van der Waals surface area contributed by atoms with E-state index >= 15 is 0 Å². The van der Waals surface area contributed by atoms with Gasteiger partial charge in [-0.25, -0.2) is 4.98 Å². The standard InChI is InChI=1S/C17H21N5/c1-14(17-4-2-3-16(9-17)10-18)21-7-5-15(6-8-21)11-22-13-19-12-20-22/h2-4,9,12-15H,5-8,11H2,1H3/t14-/m1/s1. The molecular weight excluding hydrogens is 274 g/mol. The highest BCUT2D eigenvalue weighted by molar-refractivity contribution is 5.34. The van der Waals surface area contributed by atoms with Crippen molar-refractivity contribution in [3.05, 3.63) is 48.0 Å². The zero-order chi connectivity index (χ0) is 15.4. The molecule has 1 aliphatic heterocycles. The molecule has 0 aliphatic carbocycles. The number of benzene rings is 1. The highest BCUT2D eigenvalue weighted by Crippen LogP contribution is 2.27. The van der Waals surface area contributed by atoms with Crippen LogP contribution >= 0.6 is 0 Å². The number of hydrogen-bond donors (Lipinski definition) is 0. The van der Waals surface area contributed by atoms with Crippen molar-refractivity contribution in [2.75, 3.05) is 13.1 Å². The Bertz CT molecular complexity index is 635.